The zero-order valence-corrected chi connectivity index (χ0v) is 12.3. The topological polar surface area (TPSA) is 57.9 Å². The number of nitriles is 1. The number of nitrogens with zero attached hydrogens (tertiary/aromatic N) is 1. The second kappa shape index (κ2) is 5.92. The molecule has 0 amide bonds. The number of halogens is 1. The Labute approximate surface area is 119 Å². The third kappa shape index (κ3) is 3.37. The molecule has 1 aromatic carbocycles. The molecular weight excluding hydrogens is 277 g/mol. The lowest BCUT2D eigenvalue weighted by atomic mass is 9.91. The Hall–Kier alpha value is -1.41. The lowest BCUT2D eigenvalue weighted by molar-refractivity contribution is 0.381. The van der Waals surface area contributed by atoms with Crippen LogP contribution < -0.4 is 0 Å². The van der Waals surface area contributed by atoms with Crippen LogP contribution >= 0.6 is 0 Å². The van der Waals surface area contributed by atoms with Crippen molar-refractivity contribution in [3.63, 3.8) is 0 Å². The molecule has 2 atom stereocenters. The summed E-state index contributed by atoms with van der Waals surface area (Å²) < 4.78 is 38.5. The third-order valence-corrected chi connectivity index (χ3v) is 6.09. The van der Waals surface area contributed by atoms with Crippen LogP contribution in [-0.4, -0.2) is 13.7 Å². The van der Waals surface area contributed by atoms with Crippen molar-refractivity contribution in [3.8, 4) is 6.07 Å². The van der Waals surface area contributed by atoms with Crippen molar-refractivity contribution in [1.29, 1.82) is 5.26 Å². The highest BCUT2D eigenvalue weighted by Crippen LogP contribution is 2.30. The summed E-state index contributed by atoms with van der Waals surface area (Å²) in [6.45, 7) is 2.06. The van der Waals surface area contributed by atoms with E-state index >= 15 is 0 Å². The van der Waals surface area contributed by atoms with E-state index in [9.17, 15) is 12.8 Å². The molecule has 5 heteroatoms. The van der Waals surface area contributed by atoms with Gasteiger partial charge < -0.3 is 0 Å². The van der Waals surface area contributed by atoms with Crippen molar-refractivity contribution >= 4 is 9.84 Å². The predicted molar refractivity (Wildman–Crippen MR) is 75.2 cm³/mol. The maximum absolute atomic E-state index is 13.8. The van der Waals surface area contributed by atoms with Gasteiger partial charge in [-0.15, -0.1) is 0 Å². The molecule has 20 heavy (non-hydrogen) atoms. The summed E-state index contributed by atoms with van der Waals surface area (Å²) in [7, 11) is -3.33. The van der Waals surface area contributed by atoms with Crippen LogP contribution in [0.5, 0.6) is 0 Å². The van der Waals surface area contributed by atoms with Gasteiger partial charge in [0.1, 0.15) is 5.82 Å². The maximum atomic E-state index is 13.8. The largest absolute Gasteiger partial charge is 0.228 e. The van der Waals surface area contributed by atoms with E-state index in [1.54, 1.807) is 0 Å². The summed E-state index contributed by atoms with van der Waals surface area (Å²) in [5.41, 5.74) is 0.358. The quantitative estimate of drug-likeness (QED) is 0.860. The van der Waals surface area contributed by atoms with Crippen LogP contribution in [0.4, 0.5) is 4.39 Å². The van der Waals surface area contributed by atoms with Crippen LogP contribution in [0.3, 0.4) is 0 Å². The number of sulfone groups is 1. The van der Waals surface area contributed by atoms with E-state index in [2.05, 4.69) is 6.92 Å². The van der Waals surface area contributed by atoms with Crippen LogP contribution in [0.1, 0.15) is 43.7 Å². The first kappa shape index (κ1) is 15.0. The van der Waals surface area contributed by atoms with E-state index in [4.69, 9.17) is 5.26 Å². The molecule has 0 saturated heterocycles. The van der Waals surface area contributed by atoms with Crippen LogP contribution in [0.2, 0.25) is 0 Å². The highest BCUT2D eigenvalue weighted by Gasteiger charge is 2.30. The summed E-state index contributed by atoms with van der Waals surface area (Å²) >= 11 is 0. The molecular formula is C15H18FNO2S. The van der Waals surface area contributed by atoms with Gasteiger partial charge in [0.05, 0.1) is 22.6 Å². The van der Waals surface area contributed by atoms with Crippen LogP contribution in [-0.2, 0) is 15.6 Å². The first-order chi connectivity index (χ1) is 9.42. The fourth-order valence-corrected chi connectivity index (χ4v) is 4.82. The van der Waals surface area contributed by atoms with Gasteiger partial charge in [-0.3, -0.25) is 0 Å². The standard InChI is InChI=1S/C15H18FNO2S/c1-11-3-2-4-14(7-11)20(18,19)10-13-6-5-12(9-17)8-15(13)16/h5-6,8,11,14H,2-4,7,10H2,1H3. The van der Waals surface area contributed by atoms with Crippen LogP contribution in [0.15, 0.2) is 18.2 Å². The van der Waals surface area contributed by atoms with Gasteiger partial charge in [-0.1, -0.05) is 25.8 Å². The van der Waals surface area contributed by atoms with Crippen molar-refractivity contribution in [3.05, 3.63) is 35.1 Å². The molecule has 1 aromatic rings. The van der Waals surface area contributed by atoms with Gasteiger partial charge >= 0.3 is 0 Å². The normalized spacial score (nSPS) is 23.2. The van der Waals surface area contributed by atoms with Gasteiger partial charge in [0.2, 0.25) is 0 Å². The van der Waals surface area contributed by atoms with Crippen molar-refractivity contribution < 1.29 is 12.8 Å². The molecule has 0 aliphatic heterocycles. The van der Waals surface area contributed by atoms with Crippen molar-refractivity contribution in [2.75, 3.05) is 0 Å². The molecule has 0 heterocycles. The Bertz CT molecular complexity index is 634. The Balaban J connectivity index is 2.18. The summed E-state index contributed by atoms with van der Waals surface area (Å²) in [4.78, 5) is 0. The van der Waals surface area contributed by atoms with Crippen molar-refractivity contribution in [2.45, 2.75) is 43.6 Å². The highest BCUT2D eigenvalue weighted by molar-refractivity contribution is 7.91. The first-order valence-corrected chi connectivity index (χ1v) is 8.54. The molecule has 2 rings (SSSR count). The highest BCUT2D eigenvalue weighted by atomic mass is 32.2. The zero-order valence-electron chi connectivity index (χ0n) is 11.5. The van der Waals surface area contributed by atoms with E-state index in [0.29, 0.717) is 18.8 Å². The Morgan fingerprint density at radius 3 is 2.75 bits per heavy atom. The molecule has 0 aromatic heterocycles. The Kier molecular flexibility index (Phi) is 4.44. The average molecular weight is 295 g/mol. The SMILES string of the molecule is CC1CCCC(S(=O)(=O)Cc2ccc(C#N)cc2F)C1. The first-order valence-electron chi connectivity index (χ1n) is 6.82. The van der Waals surface area contributed by atoms with E-state index in [1.807, 2.05) is 6.07 Å². The number of benzene rings is 1. The third-order valence-electron chi connectivity index (χ3n) is 3.94. The maximum Gasteiger partial charge on any atom is 0.157 e. The van der Waals surface area contributed by atoms with Gasteiger partial charge in [-0.05, 0) is 30.9 Å². The van der Waals surface area contributed by atoms with Gasteiger partial charge in [0.25, 0.3) is 0 Å². The van der Waals surface area contributed by atoms with Crippen LogP contribution in [0.25, 0.3) is 0 Å². The smallest absolute Gasteiger partial charge is 0.157 e. The molecule has 1 aliphatic carbocycles. The lowest BCUT2D eigenvalue weighted by Crippen LogP contribution is -2.28. The minimum Gasteiger partial charge on any atom is -0.228 e. The fourth-order valence-electron chi connectivity index (χ4n) is 2.77. The zero-order chi connectivity index (χ0) is 14.8. The van der Waals surface area contributed by atoms with Gasteiger partial charge in [0.15, 0.2) is 9.84 Å². The van der Waals surface area contributed by atoms with Crippen LogP contribution in [0, 0.1) is 23.1 Å². The van der Waals surface area contributed by atoms with Crippen molar-refractivity contribution in [2.24, 2.45) is 5.92 Å². The minimum atomic E-state index is -3.33. The fraction of sp³-hybridized carbons (Fsp3) is 0.533. The second-order valence-corrected chi connectivity index (χ2v) is 7.90. The summed E-state index contributed by atoms with van der Waals surface area (Å²) in [6.07, 6.45) is 3.32. The van der Waals surface area contributed by atoms with Crippen molar-refractivity contribution in [1.82, 2.24) is 0 Å². The van der Waals surface area contributed by atoms with Gasteiger partial charge in [-0.25, -0.2) is 12.8 Å². The number of hydrogen-bond donors (Lipinski definition) is 0. The minimum absolute atomic E-state index is 0.155. The van der Waals surface area contributed by atoms with Gasteiger partial charge in [-0.2, -0.15) is 5.26 Å². The molecule has 108 valence electrons. The van der Waals surface area contributed by atoms with E-state index in [-0.39, 0.29) is 22.1 Å². The second-order valence-electron chi connectivity index (χ2n) is 5.62. The number of rotatable bonds is 3. The lowest BCUT2D eigenvalue weighted by Gasteiger charge is -2.26. The predicted octanol–water partition coefficient (Wildman–Crippen LogP) is 3.19. The Morgan fingerprint density at radius 2 is 2.15 bits per heavy atom. The van der Waals surface area contributed by atoms with Gasteiger partial charge in [0, 0.05) is 5.56 Å². The summed E-state index contributed by atoms with van der Waals surface area (Å²) in [5, 5.41) is 8.32. The molecule has 0 N–H and O–H groups in total. The monoisotopic (exact) mass is 295 g/mol. The average Bonchev–Trinajstić information content (AvgIpc) is 2.41. The summed E-state index contributed by atoms with van der Waals surface area (Å²) in [5.74, 6) is -0.479. The molecule has 0 radical (unpaired) electrons. The molecule has 3 nitrogen and oxygen atoms in total. The van der Waals surface area contributed by atoms with E-state index in [1.165, 1.54) is 12.1 Å². The molecule has 0 bridgehead atoms. The molecule has 2 unspecified atom stereocenters. The molecule has 1 saturated carbocycles. The molecule has 1 fully saturated rings. The molecule has 0 spiro atoms. The van der Waals surface area contributed by atoms with E-state index < -0.39 is 15.7 Å². The molecule has 1 aliphatic rings. The van der Waals surface area contributed by atoms with E-state index in [0.717, 1.165) is 18.9 Å². The summed E-state index contributed by atoms with van der Waals surface area (Å²) in [6, 6.07) is 5.79. The Morgan fingerprint density at radius 1 is 1.40 bits per heavy atom. The number of hydrogen-bond acceptors (Lipinski definition) is 3.